The molecule has 0 saturated heterocycles. The van der Waals surface area contributed by atoms with Crippen molar-refractivity contribution in [1.82, 2.24) is 9.97 Å². The van der Waals surface area contributed by atoms with Gasteiger partial charge in [0.15, 0.2) is 0 Å². The van der Waals surface area contributed by atoms with Crippen molar-refractivity contribution in [1.29, 1.82) is 0 Å². The summed E-state index contributed by atoms with van der Waals surface area (Å²) < 4.78 is 2.78. The molecule has 0 atom stereocenters. The Bertz CT molecular complexity index is 1830. The number of fused-ring (bicyclic) bond motifs is 3. The van der Waals surface area contributed by atoms with Crippen molar-refractivity contribution >= 4 is 44.8 Å². The SMILES string of the molecule is CC(C)c1ccc(-c2[c-]cccc2)nc1.C[Si](C)(C)c1cccc2c1sc1c(-c3ccc(C4CCCCC4)cn3)[c-]ccc12.[Ir]. The second-order valence-corrected chi connectivity index (χ2v) is 19.4. The Labute approximate surface area is 287 Å². The zero-order valence-electron chi connectivity index (χ0n) is 27.0. The van der Waals surface area contributed by atoms with Crippen molar-refractivity contribution in [3.63, 3.8) is 0 Å². The molecule has 5 heteroatoms. The minimum atomic E-state index is -1.40. The van der Waals surface area contributed by atoms with Gasteiger partial charge in [0.05, 0.1) is 8.07 Å². The Morgan fingerprint density at radius 2 is 1.49 bits per heavy atom. The van der Waals surface area contributed by atoms with Gasteiger partial charge in [0.2, 0.25) is 0 Å². The second-order valence-electron chi connectivity index (χ2n) is 13.3. The fourth-order valence-corrected chi connectivity index (χ4v) is 9.94. The van der Waals surface area contributed by atoms with Gasteiger partial charge in [-0.15, -0.1) is 59.7 Å². The Balaban J connectivity index is 0.000000212. The molecule has 0 unspecified atom stereocenters. The Hall–Kier alpha value is -2.95. The Morgan fingerprint density at radius 1 is 0.733 bits per heavy atom. The number of benzene rings is 3. The first-order chi connectivity index (χ1) is 21.3. The molecule has 3 heterocycles. The normalized spacial score (nSPS) is 13.8. The summed E-state index contributed by atoms with van der Waals surface area (Å²) in [5.41, 5.74) is 6.93. The van der Waals surface area contributed by atoms with Crippen molar-refractivity contribution in [3.05, 3.63) is 115 Å². The number of rotatable bonds is 5. The Kier molecular flexibility index (Phi) is 10.9. The number of hydrogen-bond acceptors (Lipinski definition) is 3. The summed E-state index contributed by atoms with van der Waals surface area (Å²) in [6.45, 7) is 11.6. The molecule has 6 aromatic rings. The minimum Gasteiger partial charge on any atom is -0.304 e. The van der Waals surface area contributed by atoms with Crippen LogP contribution >= 0.6 is 11.3 Å². The molecule has 0 N–H and O–H groups in total. The minimum absolute atomic E-state index is 0. The molecular formula is C40H42IrN2SSi-2. The summed E-state index contributed by atoms with van der Waals surface area (Å²) in [4.78, 5) is 9.34. The van der Waals surface area contributed by atoms with Gasteiger partial charge in [-0.3, -0.25) is 0 Å². The molecule has 1 radical (unpaired) electrons. The van der Waals surface area contributed by atoms with Crippen LogP contribution in [-0.2, 0) is 20.1 Å². The van der Waals surface area contributed by atoms with Gasteiger partial charge < -0.3 is 9.97 Å². The van der Waals surface area contributed by atoms with E-state index in [-0.39, 0.29) is 20.1 Å². The molecule has 233 valence electrons. The summed E-state index contributed by atoms with van der Waals surface area (Å²) in [7, 11) is -1.40. The number of hydrogen-bond donors (Lipinski definition) is 0. The van der Waals surface area contributed by atoms with Gasteiger partial charge in [0.1, 0.15) is 0 Å². The molecular weight excluding hydrogens is 761 g/mol. The molecule has 0 spiro atoms. The number of pyridine rings is 2. The third kappa shape index (κ3) is 7.55. The van der Waals surface area contributed by atoms with E-state index in [9.17, 15) is 0 Å². The summed E-state index contributed by atoms with van der Waals surface area (Å²) >= 11 is 1.93. The van der Waals surface area contributed by atoms with Crippen LogP contribution in [0.15, 0.2) is 91.3 Å². The van der Waals surface area contributed by atoms with Crippen LogP contribution in [0.1, 0.15) is 68.9 Å². The fraction of sp³-hybridized carbons (Fsp3) is 0.300. The van der Waals surface area contributed by atoms with Crippen molar-refractivity contribution in [2.45, 2.75) is 77.4 Å². The van der Waals surface area contributed by atoms with E-state index in [0.29, 0.717) is 11.8 Å². The van der Waals surface area contributed by atoms with Crippen LogP contribution < -0.4 is 5.19 Å². The van der Waals surface area contributed by atoms with E-state index >= 15 is 0 Å². The van der Waals surface area contributed by atoms with E-state index in [1.165, 1.54) is 63.4 Å². The molecule has 1 aliphatic rings. The van der Waals surface area contributed by atoms with Gasteiger partial charge in [-0.05, 0) is 62.5 Å². The maximum Gasteiger partial charge on any atom is 0.0794 e. The van der Waals surface area contributed by atoms with Crippen molar-refractivity contribution < 1.29 is 20.1 Å². The van der Waals surface area contributed by atoms with Gasteiger partial charge in [-0.2, -0.15) is 11.3 Å². The smallest absolute Gasteiger partial charge is 0.0794 e. The van der Waals surface area contributed by atoms with Crippen molar-refractivity contribution in [2.75, 3.05) is 0 Å². The van der Waals surface area contributed by atoms with Crippen LogP contribution in [0.5, 0.6) is 0 Å². The molecule has 1 aliphatic carbocycles. The van der Waals surface area contributed by atoms with E-state index in [4.69, 9.17) is 4.98 Å². The van der Waals surface area contributed by atoms with E-state index in [0.717, 1.165) is 22.5 Å². The Morgan fingerprint density at radius 3 is 2.13 bits per heavy atom. The number of aromatic nitrogens is 2. The maximum absolute atomic E-state index is 4.90. The molecule has 7 rings (SSSR count). The standard InChI is InChI=1S/C26H28NSSi.C14H14N.Ir/c1-29(2,3)24-14-8-12-21-20-11-7-13-22(25(20)28-26(21)24)23-16-15-19(17-27-23)18-9-5-4-6-10-18;1-11(2)13-8-9-14(15-10-13)12-6-4-3-5-7-12;/h7-8,11-12,14-18H,4-6,9-10H2,1-3H3;3-6,8-11H,1-2H3;/q2*-1;. The van der Waals surface area contributed by atoms with Crippen LogP contribution in [0.25, 0.3) is 42.7 Å². The predicted molar refractivity (Wildman–Crippen MR) is 193 cm³/mol. The zero-order valence-corrected chi connectivity index (χ0v) is 31.2. The molecule has 2 nitrogen and oxygen atoms in total. The summed E-state index contributed by atoms with van der Waals surface area (Å²) in [6, 6.07) is 34.4. The van der Waals surface area contributed by atoms with E-state index in [1.807, 2.05) is 41.8 Å². The van der Waals surface area contributed by atoms with Gasteiger partial charge in [-0.25, -0.2) is 0 Å². The van der Waals surface area contributed by atoms with Crippen LogP contribution in [0, 0.1) is 12.1 Å². The molecule has 0 aliphatic heterocycles. The number of thiophene rings is 1. The van der Waals surface area contributed by atoms with Gasteiger partial charge in [-0.1, -0.05) is 101 Å². The predicted octanol–water partition coefficient (Wildman–Crippen LogP) is 11.2. The molecule has 0 amide bonds. The van der Waals surface area contributed by atoms with Crippen LogP contribution in [0.4, 0.5) is 0 Å². The summed E-state index contributed by atoms with van der Waals surface area (Å²) in [5.74, 6) is 1.24. The van der Waals surface area contributed by atoms with Crippen LogP contribution in [0.3, 0.4) is 0 Å². The second kappa shape index (κ2) is 14.6. The molecule has 1 fully saturated rings. The van der Waals surface area contributed by atoms with Crippen molar-refractivity contribution in [3.8, 4) is 22.5 Å². The number of nitrogens with zero attached hydrogens (tertiary/aromatic N) is 2. The first-order valence-electron chi connectivity index (χ1n) is 16.1. The summed E-state index contributed by atoms with van der Waals surface area (Å²) in [6.07, 6.45) is 10.8. The molecule has 3 aromatic heterocycles. The van der Waals surface area contributed by atoms with Gasteiger partial charge >= 0.3 is 0 Å². The molecule has 0 bridgehead atoms. The first-order valence-corrected chi connectivity index (χ1v) is 20.4. The zero-order chi connectivity index (χ0) is 30.7. The quantitative estimate of drug-likeness (QED) is 0.128. The third-order valence-electron chi connectivity index (χ3n) is 8.82. The largest absolute Gasteiger partial charge is 0.304 e. The molecule has 45 heavy (non-hydrogen) atoms. The van der Waals surface area contributed by atoms with E-state index in [2.05, 4.69) is 111 Å². The average Bonchev–Trinajstić information content (AvgIpc) is 3.45. The first kappa shape index (κ1) is 33.4. The third-order valence-corrected chi connectivity index (χ3v) is 12.3. The van der Waals surface area contributed by atoms with Crippen LogP contribution in [0.2, 0.25) is 19.6 Å². The molecule has 3 aromatic carbocycles. The van der Waals surface area contributed by atoms with Crippen molar-refractivity contribution in [2.24, 2.45) is 0 Å². The van der Waals surface area contributed by atoms with E-state index in [1.54, 1.807) is 5.19 Å². The topological polar surface area (TPSA) is 25.8 Å². The molecule has 1 saturated carbocycles. The van der Waals surface area contributed by atoms with Gasteiger partial charge in [0, 0.05) is 37.2 Å². The average molecular weight is 803 g/mol. The van der Waals surface area contributed by atoms with Crippen LogP contribution in [-0.4, -0.2) is 18.0 Å². The fourth-order valence-electron chi connectivity index (χ4n) is 6.23. The van der Waals surface area contributed by atoms with Gasteiger partial charge in [0.25, 0.3) is 0 Å². The monoisotopic (exact) mass is 803 g/mol. The summed E-state index contributed by atoms with van der Waals surface area (Å²) in [5, 5.41) is 4.29. The maximum atomic E-state index is 4.90. The van der Waals surface area contributed by atoms with E-state index < -0.39 is 8.07 Å².